The lowest BCUT2D eigenvalue weighted by molar-refractivity contribution is -0.186. The van der Waals surface area contributed by atoms with E-state index in [1.165, 1.54) is 13.8 Å². The second-order valence-corrected chi connectivity index (χ2v) is 9.73. The Balaban J connectivity index is 2.24. The molecule has 0 bridgehead atoms. The van der Waals surface area contributed by atoms with Crippen LogP contribution >= 0.6 is 0 Å². The Morgan fingerprint density at radius 3 is 2.04 bits per heavy atom. The molecule has 0 unspecified atom stereocenters. The van der Waals surface area contributed by atoms with Crippen molar-refractivity contribution in [3.8, 4) is 0 Å². The van der Waals surface area contributed by atoms with Gasteiger partial charge in [-0.1, -0.05) is 6.07 Å². The van der Waals surface area contributed by atoms with Crippen LogP contribution in [0.3, 0.4) is 0 Å². The Kier molecular flexibility index (Phi) is 5.82. The third-order valence-corrected chi connectivity index (χ3v) is 7.77. The van der Waals surface area contributed by atoms with Gasteiger partial charge in [0.25, 0.3) is 0 Å². The highest BCUT2D eigenvalue weighted by Gasteiger charge is 2.48. The van der Waals surface area contributed by atoms with Crippen molar-refractivity contribution >= 4 is 15.7 Å². The summed E-state index contributed by atoms with van der Waals surface area (Å²) in [7, 11) is -4.21. The topological polar surface area (TPSA) is 54.5 Å². The second-order valence-electron chi connectivity index (χ2n) is 7.20. The van der Waals surface area contributed by atoms with Crippen LogP contribution in [0.2, 0.25) is 0 Å². The van der Waals surface area contributed by atoms with E-state index in [1.54, 1.807) is 0 Å². The number of carbonyl (C=O) groups excluding carboxylic acids is 1. The number of sulfone groups is 1. The molecule has 1 aliphatic rings. The van der Waals surface area contributed by atoms with Crippen LogP contribution < -0.4 is 0 Å². The van der Waals surface area contributed by atoms with E-state index in [4.69, 9.17) is 0 Å². The third-order valence-electron chi connectivity index (χ3n) is 5.17. The van der Waals surface area contributed by atoms with Crippen LogP contribution in [0.25, 0.3) is 0 Å². The van der Waals surface area contributed by atoms with Gasteiger partial charge < -0.3 is 4.90 Å². The predicted octanol–water partition coefficient (Wildman–Crippen LogP) is 4.06. The Hall–Kier alpha value is -1.78. The van der Waals surface area contributed by atoms with E-state index in [2.05, 4.69) is 0 Å². The number of piperidine rings is 1. The van der Waals surface area contributed by atoms with Crippen LogP contribution in [-0.2, 0) is 20.8 Å². The summed E-state index contributed by atoms with van der Waals surface area (Å²) < 4.78 is 101. The van der Waals surface area contributed by atoms with Gasteiger partial charge >= 0.3 is 18.3 Å². The molecular weight excluding hydrogens is 412 g/mol. The van der Waals surface area contributed by atoms with Crippen LogP contribution in [0.1, 0.15) is 32.3 Å². The van der Waals surface area contributed by atoms with Crippen molar-refractivity contribution in [2.75, 3.05) is 13.1 Å². The van der Waals surface area contributed by atoms with Crippen molar-refractivity contribution in [2.45, 2.75) is 48.7 Å². The zero-order valence-corrected chi connectivity index (χ0v) is 15.9. The van der Waals surface area contributed by atoms with Crippen molar-refractivity contribution in [1.82, 2.24) is 4.90 Å². The molecule has 1 saturated heterocycles. The maximum Gasteiger partial charge on any atom is 0.471 e. The summed E-state index contributed by atoms with van der Waals surface area (Å²) in [6.07, 6.45) is -9.73. The molecule has 1 aliphatic heterocycles. The first-order valence-electron chi connectivity index (χ1n) is 8.36. The van der Waals surface area contributed by atoms with Gasteiger partial charge in [0.1, 0.15) is 0 Å². The molecule has 1 heterocycles. The minimum Gasteiger partial charge on any atom is -0.335 e. The molecule has 28 heavy (non-hydrogen) atoms. The van der Waals surface area contributed by atoms with Gasteiger partial charge in [-0.3, -0.25) is 4.79 Å². The first kappa shape index (κ1) is 22.5. The van der Waals surface area contributed by atoms with Gasteiger partial charge in [-0.15, -0.1) is 0 Å². The first-order valence-corrected chi connectivity index (χ1v) is 9.85. The van der Waals surface area contributed by atoms with Crippen molar-refractivity contribution in [1.29, 1.82) is 0 Å². The molecule has 1 fully saturated rings. The average molecular weight is 431 g/mol. The second kappa shape index (κ2) is 7.23. The number of halogens is 6. The Labute approximate surface area is 158 Å². The minimum absolute atomic E-state index is 0.00693. The molecule has 11 heteroatoms. The average Bonchev–Trinajstić information content (AvgIpc) is 2.59. The number of nitrogens with zero attached hydrogens (tertiary/aromatic N) is 1. The fourth-order valence-corrected chi connectivity index (χ4v) is 5.14. The van der Waals surface area contributed by atoms with E-state index < -0.39 is 49.2 Å². The molecule has 0 spiro atoms. The van der Waals surface area contributed by atoms with Gasteiger partial charge in [0.2, 0.25) is 0 Å². The van der Waals surface area contributed by atoms with Gasteiger partial charge in [0.15, 0.2) is 9.84 Å². The first-order chi connectivity index (χ1) is 12.6. The maximum absolute atomic E-state index is 13.0. The zero-order valence-electron chi connectivity index (χ0n) is 15.1. The summed E-state index contributed by atoms with van der Waals surface area (Å²) in [4.78, 5) is 11.4. The molecular formula is C17H19F6NO3S. The van der Waals surface area contributed by atoms with Gasteiger partial charge in [0.05, 0.1) is 15.2 Å². The lowest BCUT2D eigenvalue weighted by Crippen LogP contribution is -2.50. The van der Waals surface area contributed by atoms with Gasteiger partial charge in [-0.25, -0.2) is 8.42 Å². The number of rotatable bonds is 3. The summed E-state index contributed by atoms with van der Waals surface area (Å²) >= 11 is 0. The van der Waals surface area contributed by atoms with Crippen LogP contribution in [-0.4, -0.2) is 43.2 Å². The highest BCUT2D eigenvalue weighted by molar-refractivity contribution is 7.92. The van der Waals surface area contributed by atoms with Crippen molar-refractivity contribution in [2.24, 2.45) is 5.92 Å². The SMILES string of the molecule is CC(C)(C1CCN(C(=O)C(F)(F)F)CC1)S(=O)(=O)c1cccc(C(F)(F)F)c1. The summed E-state index contributed by atoms with van der Waals surface area (Å²) in [5.41, 5.74) is -1.10. The Morgan fingerprint density at radius 2 is 1.57 bits per heavy atom. The molecule has 1 aromatic carbocycles. The number of amides is 1. The van der Waals surface area contributed by atoms with E-state index in [9.17, 15) is 39.6 Å². The smallest absolute Gasteiger partial charge is 0.335 e. The molecule has 0 N–H and O–H groups in total. The van der Waals surface area contributed by atoms with Crippen LogP contribution in [0.4, 0.5) is 26.3 Å². The number of benzene rings is 1. The molecule has 0 saturated carbocycles. The van der Waals surface area contributed by atoms with E-state index in [-0.39, 0.29) is 25.9 Å². The molecule has 1 amide bonds. The van der Waals surface area contributed by atoms with E-state index in [0.29, 0.717) is 11.0 Å². The standard InChI is InChI=1S/C17H19F6NO3S/c1-15(2,11-6-8-24(9-7-11)14(25)17(21,22)23)28(26,27)13-5-3-4-12(10-13)16(18,19)20/h3-5,10-11H,6-9H2,1-2H3. The quantitative estimate of drug-likeness (QED) is 0.679. The maximum atomic E-state index is 13.0. The summed E-state index contributed by atoms with van der Waals surface area (Å²) in [5, 5.41) is 0. The molecule has 0 radical (unpaired) electrons. The molecule has 0 atom stereocenters. The number of carbonyl (C=O) groups is 1. The Morgan fingerprint density at radius 1 is 1.04 bits per heavy atom. The highest BCUT2D eigenvalue weighted by Crippen LogP contribution is 2.40. The molecule has 0 aliphatic carbocycles. The van der Waals surface area contributed by atoms with Gasteiger partial charge in [0, 0.05) is 13.1 Å². The van der Waals surface area contributed by atoms with Crippen LogP contribution in [0.5, 0.6) is 0 Å². The molecule has 1 aromatic rings. The molecule has 158 valence electrons. The van der Waals surface area contributed by atoms with Crippen molar-refractivity contribution in [3.63, 3.8) is 0 Å². The molecule has 2 rings (SSSR count). The minimum atomic E-state index is -5.01. The van der Waals surface area contributed by atoms with Crippen LogP contribution in [0.15, 0.2) is 29.2 Å². The lowest BCUT2D eigenvalue weighted by Gasteiger charge is -2.40. The van der Waals surface area contributed by atoms with E-state index >= 15 is 0 Å². The number of alkyl halides is 6. The summed E-state index contributed by atoms with van der Waals surface area (Å²) in [6.45, 7) is 2.14. The Bertz CT molecular complexity index is 837. The largest absolute Gasteiger partial charge is 0.471 e. The van der Waals surface area contributed by atoms with Gasteiger partial charge in [-0.2, -0.15) is 26.3 Å². The number of hydrogen-bond donors (Lipinski definition) is 0. The summed E-state index contributed by atoms with van der Waals surface area (Å²) in [5.74, 6) is -2.60. The van der Waals surface area contributed by atoms with E-state index in [1.807, 2.05) is 0 Å². The lowest BCUT2D eigenvalue weighted by atomic mass is 9.86. The van der Waals surface area contributed by atoms with Crippen LogP contribution in [0, 0.1) is 5.92 Å². The normalized spacial score (nSPS) is 17.6. The summed E-state index contributed by atoms with van der Waals surface area (Å²) in [6, 6.07) is 3.37. The highest BCUT2D eigenvalue weighted by atomic mass is 32.2. The van der Waals surface area contributed by atoms with Crippen molar-refractivity contribution < 1.29 is 39.6 Å². The van der Waals surface area contributed by atoms with Crippen molar-refractivity contribution in [3.05, 3.63) is 29.8 Å². The zero-order chi connectivity index (χ0) is 21.5. The monoisotopic (exact) mass is 431 g/mol. The number of hydrogen-bond acceptors (Lipinski definition) is 3. The number of likely N-dealkylation sites (tertiary alicyclic amines) is 1. The fraction of sp³-hybridized carbons (Fsp3) is 0.588. The molecule has 4 nitrogen and oxygen atoms in total. The van der Waals surface area contributed by atoms with Gasteiger partial charge in [-0.05, 0) is 50.8 Å². The molecule has 0 aromatic heterocycles. The van der Waals surface area contributed by atoms with E-state index in [0.717, 1.165) is 18.2 Å². The third kappa shape index (κ3) is 4.28. The fourth-order valence-electron chi connectivity index (χ4n) is 3.32. The predicted molar refractivity (Wildman–Crippen MR) is 88.1 cm³/mol.